The molecule has 2 N–H and O–H groups in total. The number of aromatic nitrogens is 2. The van der Waals surface area contributed by atoms with Crippen LogP contribution in [-0.2, 0) is 16.3 Å². The van der Waals surface area contributed by atoms with Gasteiger partial charge < -0.3 is 15.0 Å². The number of hydrogen-bond donors (Lipinski definition) is 2. The van der Waals surface area contributed by atoms with Gasteiger partial charge in [-0.25, -0.2) is 9.97 Å². The predicted molar refractivity (Wildman–Crippen MR) is 127 cm³/mol. The average Bonchev–Trinajstić information content (AvgIpc) is 2.64. The molecule has 9 heteroatoms. The van der Waals surface area contributed by atoms with Crippen LogP contribution in [0.25, 0.3) is 10.9 Å². The van der Waals surface area contributed by atoms with E-state index >= 15 is 0 Å². The molecule has 0 aliphatic rings. The zero-order valence-corrected chi connectivity index (χ0v) is 20.7. The minimum Gasteiger partial charge on any atom is -0.386 e. The third-order valence-electron chi connectivity index (χ3n) is 5.67. The van der Waals surface area contributed by atoms with E-state index in [1.807, 2.05) is 0 Å². The summed E-state index contributed by atoms with van der Waals surface area (Å²) < 4.78 is 53.1. The molecule has 1 aromatic heterocycles. The van der Waals surface area contributed by atoms with Crippen LogP contribution in [0.4, 0.5) is 19.0 Å². The summed E-state index contributed by atoms with van der Waals surface area (Å²) in [6, 6.07) is 7.06. The lowest BCUT2D eigenvalue weighted by molar-refractivity contribution is -0.138. The van der Waals surface area contributed by atoms with Crippen LogP contribution in [0.2, 0.25) is 0 Å². The number of aliphatic hydroxyl groups is 1. The molecule has 1 atom stereocenters. The van der Waals surface area contributed by atoms with Crippen molar-refractivity contribution in [2.75, 3.05) is 18.6 Å². The molecule has 0 radical (unpaired) electrons. The zero-order valence-electron chi connectivity index (χ0n) is 19.8. The summed E-state index contributed by atoms with van der Waals surface area (Å²) in [5.74, 6) is 0.892. The van der Waals surface area contributed by atoms with E-state index in [-0.39, 0.29) is 5.56 Å². The Morgan fingerprint density at radius 2 is 1.70 bits per heavy atom. The minimum absolute atomic E-state index is 0.150. The number of hydrogen-bond acceptors (Lipinski definition) is 5. The first-order chi connectivity index (χ1) is 15.0. The van der Waals surface area contributed by atoms with Gasteiger partial charge in [0.05, 0.1) is 22.7 Å². The summed E-state index contributed by atoms with van der Waals surface area (Å²) in [7, 11) is -2.74. The Morgan fingerprint density at radius 3 is 2.24 bits per heavy atom. The standard InChI is InChI=1S/C24H29F3N3O2P/c1-13-16(9-8-10-18(13)24(25,26)27)14(2)28-22-17-11-19(23(4,5)31)21(33(6,7)32)12-20(17)29-15(3)30-22/h8-12,14,31H,1-7H3,(H,28,29,30)/t14-/m1/s1. The van der Waals surface area contributed by atoms with Gasteiger partial charge in [0, 0.05) is 10.7 Å². The number of benzene rings is 2. The van der Waals surface area contributed by atoms with Crippen molar-refractivity contribution >= 4 is 29.2 Å². The molecule has 0 bridgehead atoms. The first-order valence-corrected chi connectivity index (χ1v) is 13.1. The van der Waals surface area contributed by atoms with Crippen molar-refractivity contribution in [3.63, 3.8) is 0 Å². The fraction of sp³-hybridized carbons (Fsp3) is 0.417. The Balaban J connectivity index is 2.18. The highest BCUT2D eigenvalue weighted by Gasteiger charge is 2.33. The molecule has 0 fully saturated rings. The van der Waals surface area contributed by atoms with Gasteiger partial charge in [0.25, 0.3) is 0 Å². The molecule has 0 spiro atoms. The summed E-state index contributed by atoms with van der Waals surface area (Å²) in [5.41, 5.74) is -0.242. The summed E-state index contributed by atoms with van der Waals surface area (Å²) >= 11 is 0. The van der Waals surface area contributed by atoms with E-state index in [2.05, 4.69) is 15.3 Å². The van der Waals surface area contributed by atoms with Crippen molar-refractivity contribution in [2.45, 2.75) is 52.4 Å². The van der Waals surface area contributed by atoms with Crippen LogP contribution >= 0.6 is 7.14 Å². The van der Waals surface area contributed by atoms with Crippen molar-refractivity contribution in [3.8, 4) is 0 Å². The van der Waals surface area contributed by atoms with E-state index in [1.165, 1.54) is 13.0 Å². The number of anilines is 1. The van der Waals surface area contributed by atoms with Crippen molar-refractivity contribution in [2.24, 2.45) is 0 Å². The molecular formula is C24H29F3N3O2P. The van der Waals surface area contributed by atoms with Gasteiger partial charge in [0.1, 0.15) is 18.8 Å². The Kier molecular flexibility index (Phi) is 6.42. The van der Waals surface area contributed by atoms with Crippen molar-refractivity contribution in [1.29, 1.82) is 0 Å². The van der Waals surface area contributed by atoms with Crippen LogP contribution in [0.5, 0.6) is 0 Å². The van der Waals surface area contributed by atoms with E-state index in [4.69, 9.17) is 0 Å². The second-order valence-corrected chi connectivity index (χ2v) is 12.5. The molecule has 0 aliphatic heterocycles. The lowest BCUT2D eigenvalue weighted by Crippen LogP contribution is -2.25. The predicted octanol–water partition coefficient (Wildman–Crippen LogP) is 5.91. The normalized spacial score (nSPS) is 13.9. The van der Waals surface area contributed by atoms with E-state index < -0.39 is 30.5 Å². The number of alkyl halides is 3. The van der Waals surface area contributed by atoms with Crippen LogP contribution in [-0.4, -0.2) is 28.4 Å². The Labute approximate surface area is 191 Å². The van der Waals surface area contributed by atoms with Gasteiger partial charge in [-0.05, 0) is 82.8 Å². The van der Waals surface area contributed by atoms with Crippen LogP contribution < -0.4 is 10.6 Å². The fourth-order valence-electron chi connectivity index (χ4n) is 4.04. The van der Waals surface area contributed by atoms with Crippen LogP contribution in [0.15, 0.2) is 30.3 Å². The van der Waals surface area contributed by atoms with Crippen molar-refractivity contribution < 1.29 is 22.8 Å². The van der Waals surface area contributed by atoms with Gasteiger partial charge in [0.15, 0.2) is 0 Å². The van der Waals surface area contributed by atoms with Gasteiger partial charge in [0.2, 0.25) is 0 Å². The molecule has 1 heterocycles. The molecule has 2 aromatic carbocycles. The summed E-state index contributed by atoms with van der Waals surface area (Å²) in [4.78, 5) is 8.96. The molecule has 0 amide bonds. The van der Waals surface area contributed by atoms with Crippen molar-refractivity contribution in [3.05, 3.63) is 58.4 Å². The van der Waals surface area contributed by atoms with Gasteiger partial charge in [-0.1, -0.05) is 12.1 Å². The molecule has 0 saturated heterocycles. The number of aryl methyl sites for hydroxylation is 1. The second kappa shape index (κ2) is 8.41. The lowest BCUT2D eigenvalue weighted by atomic mass is 9.95. The summed E-state index contributed by atoms with van der Waals surface area (Å²) in [6.45, 7) is 11.4. The highest BCUT2D eigenvalue weighted by molar-refractivity contribution is 7.70. The minimum atomic E-state index is -4.44. The smallest absolute Gasteiger partial charge is 0.386 e. The SMILES string of the molecule is Cc1nc(N[C@H](C)c2cccc(C(F)(F)F)c2C)c2cc(C(C)(C)O)c(P(C)(C)=O)cc2n1. The highest BCUT2D eigenvalue weighted by atomic mass is 31.2. The van der Waals surface area contributed by atoms with Crippen LogP contribution in [0.1, 0.15) is 54.9 Å². The van der Waals surface area contributed by atoms with E-state index in [1.54, 1.807) is 59.2 Å². The molecule has 3 rings (SSSR count). The Hall–Kier alpha value is -2.44. The summed E-state index contributed by atoms with van der Waals surface area (Å²) in [5, 5.41) is 15.1. The second-order valence-electron chi connectivity index (χ2n) is 9.30. The fourth-order valence-corrected chi connectivity index (χ4v) is 5.39. The molecule has 5 nitrogen and oxygen atoms in total. The molecule has 0 saturated carbocycles. The number of nitrogens with one attached hydrogen (secondary N) is 1. The van der Waals surface area contributed by atoms with E-state index in [0.29, 0.717) is 39.0 Å². The Morgan fingerprint density at radius 1 is 1.06 bits per heavy atom. The monoisotopic (exact) mass is 479 g/mol. The molecule has 178 valence electrons. The number of rotatable bonds is 5. The summed E-state index contributed by atoms with van der Waals surface area (Å²) in [6.07, 6.45) is -4.44. The number of fused-ring (bicyclic) bond motifs is 1. The molecule has 3 aromatic rings. The van der Waals surface area contributed by atoms with E-state index in [0.717, 1.165) is 6.07 Å². The molecule has 0 aliphatic carbocycles. The maximum absolute atomic E-state index is 13.4. The van der Waals surface area contributed by atoms with Gasteiger partial charge >= 0.3 is 6.18 Å². The van der Waals surface area contributed by atoms with Gasteiger partial charge in [-0.3, -0.25) is 0 Å². The molecule has 33 heavy (non-hydrogen) atoms. The topological polar surface area (TPSA) is 75.1 Å². The number of nitrogens with zero attached hydrogens (tertiary/aromatic N) is 2. The van der Waals surface area contributed by atoms with Crippen LogP contribution in [0, 0.1) is 13.8 Å². The maximum atomic E-state index is 13.4. The third kappa shape index (κ3) is 5.22. The zero-order chi connectivity index (χ0) is 24.9. The first kappa shape index (κ1) is 25.2. The Bertz CT molecular complexity index is 1260. The quantitative estimate of drug-likeness (QED) is 0.445. The van der Waals surface area contributed by atoms with Crippen molar-refractivity contribution in [1.82, 2.24) is 9.97 Å². The maximum Gasteiger partial charge on any atom is 0.416 e. The first-order valence-electron chi connectivity index (χ1n) is 10.5. The third-order valence-corrected chi connectivity index (χ3v) is 7.20. The largest absolute Gasteiger partial charge is 0.416 e. The number of halogens is 3. The molecular weight excluding hydrogens is 450 g/mol. The van der Waals surface area contributed by atoms with Crippen LogP contribution in [0.3, 0.4) is 0 Å². The highest BCUT2D eigenvalue weighted by Crippen LogP contribution is 2.41. The molecule has 0 unspecified atom stereocenters. The van der Waals surface area contributed by atoms with Gasteiger partial charge in [-0.15, -0.1) is 0 Å². The van der Waals surface area contributed by atoms with Gasteiger partial charge in [-0.2, -0.15) is 13.2 Å². The lowest BCUT2D eigenvalue weighted by Gasteiger charge is -2.25. The average molecular weight is 479 g/mol. The van der Waals surface area contributed by atoms with E-state index in [9.17, 15) is 22.8 Å².